The third-order valence-electron chi connectivity index (χ3n) is 2.49. The fourth-order valence-corrected chi connectivity index (χ4v) is 2.39. The largest absolute Gasteiger partial charge is 0.478 e. The molecule has 0 aromatic heterocycles. The molecule has 0 atom stereocenters. The van der Waals surface area contributed by atoms with Crippen LogP contribution in [0.15, 0.2) is 34.8 Å². The summed E-state index contributed by atoms with van der Waals surface area (Å²) in [5, 5.41) is 10.9. The van der Waals surface area contributed by atoms with Gasteiger partial charge in [0.05, 0.1) is 4.47 Å². The first-order valence-corrected chi connectivity index (χ1v) is 6.00. The molecule has 0 fully saturated rings. The van der Waals surface area contributed by atoms with E-state index in [0.29, 0.717) is 4.47 Å². The van der Waals surface area contributed by atoms with E-state index < -0.39 is 5.97 Å². The molecular weight excluding hydrogens is 300 g/mol. The van der Waals surface area contributed by atoms with Crippen LogP contribution in [0.1, 0.15) is 10.4 Å². The second kappa shape index (κ2) is 5.37. The first-order chi connectivity index (χ1) is 8.65. The quantitative estimate of drug-likeness (QED) is 0.880. The van der Waals surface area contributed by atoms with E-state index in [1.165, 1.54) is 7.11 Å². The summed E-state index contributed by atoms with van der Waals surface area (Å²) in [5.74, 6) is -0.754. The SMILES string of the molecule is COCOc1c(C(=O)O)cc2ccccc2c1Br. The van der Waals surface area contributed by atoms with Gasteiger partial charge in [0.2, 0.25) is 0 Å². The van der Waals surface area contributed by atoms with Gasteiger partial charge < -0.3 is 14.6 Å². The summed E-state index contributed by atoms with van der Waals surface area (Å²) in [6, 6.07) is 9.08. The molecule has 0 bridgehead atoms. The fraction of sp³-hybridized carbons (Fsp3) is 0.154. The molecule has 0 heterocycles. The Balaban J connectivity index is 2.67. The molecule has 0 saturated heterocycles. The summed E-state index contributed by atoms with van der Waals surface area (Å²) >= 11 is 3.39. The molecule has 2 aromatic carbocycles. The zero-order valence-electron chi connectivity index (χ0n) is 9.64. The third-order valence-corrected chi connectivity index (χ3v) is 3.28. The van der Waals surface area contributed by atoms with Crippen molar-refractivity contribution in [1.29, 1.82) is 0 Å². The van der Waals surface area contributed by atoms with E-state index >= 15 is 0 Å². The first-order valence-electron chi connectivity index (χ1n) is 5.21. The van der Waals surface area contributed by atoms with Crippen molar-refractivity contribution >= 4 is 32.7 Å². The molecule has 5 heteroatoms. The average molecular weight is 311 g/mol. The summed E-state index contributed by atoms with van der Waals surface area (Å²) in [6.45, 7) is -0.00276. The monoisotopic (exact) mass is 310 g/mol. The minimum Gasteiger partial charge on any atom is -0.478 e. The zero-order valence-corrected chi connectivity index (χ0v) is 11.2. The zero-order chi connectivity index (χ0) is 13.1. The number of rotatable bonds is 4. The molecule has 18 heavy (non-hydrogen) atoms. The normalized spacial score (nSPS) is 10.6. The van der Waals surface area contributed by atoms with E-state index in [4.69, 9.17) is 9.47 Å². The van der Waals surface area contributed by atoms with Gasteiger partial charge in [-0.05, 0) is 32.8 Å². The van der Waals surface area contributed by atoms with Gasteiger partial charge in [0.1, 0.15) is 5.56 Å². The number of carboxylic acid groups (broad SMARTS) is 1. The molecule has 0 saturated carbocycles. The van der Waals surface area contributed by atoms with Crippen molar-refractivity contribution in [3.63, 3.8) is 0 Å². The Labute approximate surface area is 112 Å². The lowest BCUT2D eigenvalue weighted by Gasteiger charge is -2.12. The van der Waals surface area contributed by atoms with Gasteiger partial charge in [-0.25, -0.2) is 4.79 Å². The molecular formula is C13H11BrO4. The smallest absolute Gasteiger partial charge is 0.339 e. The molecule has 2 rings (SSSR count). The maximum Gasteiger partial charge on any atom is 0.339 e. The standard InChI is InChI=1S/C13H11BrO4/c1-17-7-18-12-10(13(15)16)6-8-4-2-3-5-9(8)11(12)14/h2-6H,7H2,1H3,(H,15,16). The minimum absolute atomic E-state index is 0.00276. The molecule has 0 aliphatic heterocycles. The summed E-state index contributed by atoms with van der Waals surface area (Å²) in [4.78, 5) is 11.2. The van der Waals surface area contributed by atoms with Gasteiger partial charge >= 0.3 is 5.97 Å². The van der Waals surface area contributed by atoms with Gasteiger partial charge in [0.15, 0.2) is 12.5 Å². The fourth-order valence-electron chi connectivity index (χ4n) is 1.70. The van der Waals surface area contributed by atoms with E-state index in [1.807, 2.05) is 24.3 Å². The van der Waals surface area contributed by atoms with E-state index in [1.54, 1.807) is 6.07 Å². The van der Waals surface area contributed by atoms with E-state index in [9.17, 15) is 9.90 Å². The van der Waals surface area contributed by atoms with Crippen LogP contribution < -0.4 is 4.74 Å². The minimum atomic E-state index is -1.03. The van der Waals surface area contributed by atoms with Crippen molar-refractivity contribution < 1.29 is 19.4 Å². The second-order valence-corrected chi connectivity index (χ2v) is 4.44. The number of carbonyl (C=O) groups is 1. The number of benzene rings is 2. The van der Waals surface area contributed by atoms with Crippen LogP contribution in [0.2, 0.25) is 0 Å². The van der Waals surface area contributed by atoms with E-state index in [0.717, 1.165) is 10.8 Å². The molecule has 94 valence electrons. The van der Waals surface area contributed by atoms with Gasteiger partial charge in [-0.2, -0.15) is 0 Å². The molecule has 1 N–H and O–H groups in total. The average Bonchev–Trinajstić information content (AvgIpc) is 2.37. The highest BCUT2D eigenvalue weighted by Gasteiger charge is 2.17. The second-order valence-electron chi connectivity index (χ2n) is 3.64. The predicted octanol–water partition coefficient (Wildman–Crippen LogP) is 3.28. The van der Waals surface area contributed by atoms with Crippen molar-refractivity contribution in [3.8, 4) is 5.75 Å². The molecule has 4 nitrogen and oxygen atoms in total. The number of fused-ring (bicyclic) bond motifs is 1. The highest BCUT2D eigenvalue weighted by molar-refractivity contribution is 9.10. The van der Waals surface area contributed by atoms with Crippen LogP contribution >= 0.6 is 15.9 Å². The van der Waals surface area contributed by atoms with E-state index in [-0.39, 0.29) is 18.1 Å². The number of hydrogen-bond acceptors (Lipinski definition) is 3. The van der Waals surface area contributed by atoms with Crippen molar-refractivity contribution in [2.24, 2.45) is 0 Å². The van der Waals surface area contributed by atoms with Crippen LogP contribution in [0.25, 0.3) is 10.8 Å². The van der Waals surface area contributed by atoms with Crippen LogP contribution in [0.5, 0.6) is 5.75 Å². The number of carboxylic acids is 1. The molecule has 0 amide bonds. The number of hydrogen-bond donors (Lipinski definition) is 1. The Hall–Kier alpha value is -1.59. The van der Waals surface area contributed by atoms with Crippen molar-refractivity contribution in [1.82, 2.24) is 0 Å². The number of halogens is 1. The van der Waals surface area contributed by atoms with Crippen LogP contribution in [0, 0.1) is 0 Å². The van der Waals surface area contributed by atoms with E-state index in [2.05, 4.69) is 15.9 Å². The Kier molecular flexibility index (Phi) is 3.84. The Bertz CT molecular complexity index is 595. The predicted molar refractivity (Wildman–Crippen MR) is 71.1 cm³/mol. The highest BCUT2D eigenvalue weighted by atomic mass is 79.9. The van der Waals surface area contributed by atoms with Gasteiger partial charge in [-0.3, -0.25) is 0 Å². The third kappa shape index (κ3) is 2.32. The number of aromatic carboxylic acids is 1. The van der Waals surface area contributed by atoms with Crippen LogP contribution in [-0.2, 0) is 4.74 Å². The summed E-state index contributed by atoms with van der Waals surface area (Å²) < 4.78 is 10.8. The van der Waals surface area contributed by atoms with Crippen LogP contribution in [-0.4, -0.2) is 25.0 Å². The molecule has 0 aliphatic rings. The Morgan fingerprint density at radius 1 is 1.39 bits per heavy atom. The maximum absolute atomic E-state index is 11.2. The van der Waals surface area contributed by atoms with Gasteiger partial charge in [0, 0.05) is 7.11 Å². The van der Waals surface area contributed by atoms with Gasteiger partial charge in [-0.15, -0.1) is 0 Å². The maximum atomic E-state index is 11.2. The number of ether oxygens (including phenoxy) is 2. The van der Waals surface area contributed by atoms with Crippen LogP contribution in [0.3, 0.4) is 0 Å². The summed E-state index contributed by atoms with van der Waals surface area (Å²) in [5.41, 5.74) is 0.109. The van der Waals surface area contributed by atoms with Crippen molar-refractivity contribution in [2.45, 2.75) is 0 Å². The van der Waals surface area contributed by atoms with Gasteiger partial charge in [0.25, 0.3) is 0 Å². The molecule has 0 unspecified atom stereocenters. The lowest BCUT2D eigenvalue weighted by Crippen LogP contribution is -2.06. The Morgan fingerprint density at radius 2 is 2.11 bits per heavy atom. The molecule has 2 aromatic rings. The van der Waals surface area contributed by atoms with Gasteiger partial charge in [-0.1, -0.05) is 24.3 Å². The number of methoxy groups -OCH3 is 1. The first kappa shape index (κ1) is 12.9. The summed E-state index contributed by atoms with van der Waals surface area (Å²) in [6.07, 6.45) is 0. The Morgan fingerprint density at radius 3 is 2.78 bits per heavy atom. The highest BCUT2D eigenvalue weighted by Crippen LogP contribution is 2.36. The van der Waals surface area contributed by atoms with Crippen LogP contribution in [0.4, 0.5) is 0 Å². The topological polar surface area (TPSA) is 55.8 Å². The molecule has 0 radical (unpaired) electrons. The molecule has 0 spiro atoms. The lowest BCUT2D eigenvalue weighted by molar-refractivity contribution is 0.0480. The van der Waals surface area contributed by atoms with Crippen molar-refractivity contribution in [3.05, 3.63) is 40.4 Å². The summed E-state index contributed by atoms with van der Waals surface area (Å²) in [7, 11) is 1.48. The van der Waals surface area contributed by atoms with Crippen molar-refractivity contribution in [2.75, 3.05) is 13.9 Å². The molecule has 0 aliphatic carbocycles. The lowest BCUT2D eigenvalue weighted by atomic mass is 10.1.